The zero-order valence-electron chi connectivity index (χ0n) is 24.6. The number of hydrogen-bond donors (Lipinski definition) is 0. The first-order chi connectivity index (χ1) is 20.4. The summed E-state index contributed by atoms with van der Waals surface area (Å²) in [6.07, 6.45) is 5.55. The molecule has 42 heavy (non-hydrogen) atoms. The number of piperazine rings is 1. The van der Waals surface area contributed by atoms with Crippen LogP contribution in [0.3, 0.4) is 0 Å². The molecule has 0 bridgehead atoms. The molecule has 218 valence electrons. The molecule has 1 atom stereocenters. The fourth-order valence-corrected chi connectivity index (χ4v) is 6.63. The zero-order valence-corrected chi connectivity index (χ0v) is 24.6. The number of rotatable bonds is 8. The second-order valence-corrected chi connectivity index (χ2v) is 11.9. The highest BCUT2D eigenvalue weighted by Gasteiger charge is 2.40. The summed E-state index contributed by atoms with van der Waals surface area (Å²) < 4.78 is 6.40. The summed E-state index contributed by atoms with van der Waals surface area (Å²) >= 11 is 0. The molecule has 2 fully saturated rings. The highest BCUT2D eigenvalue weighted by atomic mass is 16.5. The summed E-state index contributed by atoms with van der Waals surface area (Å²) in [5, 5.41) is 2.46. The van der Waals surface area contributed by atoms with E-state index in [1.54, 1.807) is 4.90 Å². The topological polar surface area (TPSA) is 69.4 Å². The molecular weight excluding hydrogens is 526 g/mol. The van der Waals surface area contributed by atoms with Crippen LogP contribution in [0.1, 0.15) is 30.5 Å². The molecule has 9 heteroatoms. The summed E-state index contributed by atoms with van der Waals surface area (Å²) in [6.45, 7) is 15.2. The van der Waals surface area contributed by atoms with Gasteiger partial charge in [-0.25, -0.2) is 6.57 Å². The van der Waals surface area contributed by atoms with Crippen LogP contribution in [-0.4, -0.2) is 90.7 Å². The van der Waals surface area contributed by atoms with Gasteiger partial charge in [-0.05, 0) is 57.3 Å². The Morgan fingerprint density at radius 3 is 2.69 bits per heavy atom. The number of carbonyl (C=O) groups excluding carboxylic acids is 1. The predicted molar refractivity (Wildman–Crippen MR) is 166 cm³/mol. The summed E-state index contributed by atoms with van der Waals surface area (Å²) in [7, 11) is 4.23. The fraction of sp³-hybridized carbons (Fsp3) is 0.455. The Hall–Kier alpha value is -4.16. The lowest BCUT2D eigenvalue weighted by Crippen LogP contribution is -2.56. The summed E-state index contributed by atoms with van der Waals surface area (Å²) in [5.41, 5.74) is 3.34. The Balaban J connectivity index is 1.34. The minimum absolute atomic E-state index is 0.0197. The normalized spacial score (nSPS) is 19.7. The molecule has 1 amide bonds. The number of anilines is 2. The molecule has 3 aromatic rings. The van der Waals surface area contributed by atoms with Crippen LogP contribution in [0.25, 0.3) is 15.6 Å². The monoisotopic (exact) mass is 565 g/mol. The summed E-state index contributed by atoms with van der Waals surface area (Å²) in [6, 6.07) is 15.1. The molecule has 1 saturated heterocycles. The minimum atomic E-state index is -0.223. The average Bonchev–Trinajstić information content (AvgIpc) is 2.99. The number of nitrogens with zero attached hydrogens (tertiary/aromatic N) is 7. The van der Waals surface area contributed by atoms with E-state index in [9.17, 15) is 4.79 Å². The number of benzene rings is 2. The molecule has 2 aliphatic heterocycles. The molecule has 0 spiro atoms. The van der Waals surface area contributed by atoms with E-state index in [-0.39, 0.29) is 24.0 Å². The number of aromatic nitrogens is 2. The lowest BCUT2D eigenvalue weighted by Gasteiger charge is -2.46. The Bertz CT molecular complexity index is 1520. The lowest BCUT2D eigenvalue weighted by atomic mass is 9.76. The van der Waals surface area contributed by atoms with Gasteiger partial charge in [0.15, 0.2) is 0 Å². The zero-order chi connectivity index (χ0) is 29.3. The molecular formula is C33H39N7O2. The number of amides is 1. The summed E-state index contributed by atoms with van der Waals surface area (Å²) in [4.78, 5) is 34.9. The van der Waals surface area contributed by atoms with Crippen molar-refractivity contribution < 1.29 is 9.53 Å². The molecule has 3 aliphatic rings. The second kappa shape index (κ2) is 11.6. The van der Waals surface area contributed by atoms with Gasteiger partial charge >= 0.3 is 6.01 Å². The van der Waals surface area contributed by atoms with Crippen molar-refractivity contribution in [2.75, 3.05) is 63.2 Å². The van der Waals surface area contributed by atoms with Crippen LogP contribution in [0.15, 0.2) is 55.1 Å². The summed E-state index contributed by atoms with van der Waals surface area (Å²) in [5.74, 6) is 0.748. The fourth-order valence-electron chi connectivity index (χ4n) is 6.63. The third-order valence-electron chi connectivity index (χ3n) is 9.37. The van der Waals surface area contributed by atoms with Crippen LogP contribution in [-0.2, 0) is 17.8 Å². The molecule has 6 rings (SSSR count). The van der Waals surface area contributed by atoms with Gasteiger partial charge in [0, 0.05) is 42.8 Å². The van der Waals surface area contributed by atoms with Gasteiger partial charge in [-0.1, -0.05) is 43.0 Å². The second-order valence-electron chi connectivity index (χ2n) is 11.9. The van der Waals surface area contributed by atoms with Gasteiger partial charge in [-0.15, -0.1) is 0 Å². The Labute approximate surface area is 248 Å². The van der Waals surface area contributed by atoms with Crippen molar-refractivity contribution in [1.82, 2.24) is 19.8 Å². The first-order valence-electron chi connectivity index (χ1n) is 14.9. The first kappa shape index (κ1) is 28.0. The van der Waals surface area contributed by atoms with Gasteiger partial charge < -0.3 is 29.2 Å². The van der Waals surface area contributed by atoms with E-state index in [2.05, 4.69) is 82.7 Å². The van der Waals surface area contributed by atoms with Crippen LogP contribution in [0.2, 0.25) is 0 Å². The van der Waals surface area contributed by atoms with Crippen LogP contribution in [0, 0.1) is 6.57 Å². The third kappa shape index (κ3) is 5.16. The van der Waals surface area contributed by atoms with Crippen LogP contribution >= 0.6 is 0 Å². The quantitative estimate of drug-likeness (QED) is 0.300. The predicted octanol–water partition coefficient (Wildman–Crippen LogP) is 4.18. The molecule has 1 aromatic heterocycles. The van der Waals surface area contributed by atoms with E-state index in [0.717, 1.165) is 42.9 Å². The van der Waals surface area contributed by atoms with E-state index in [1.165, 1.54) is 29.0 Å². The van der Waals surface area contributed by atoms with Gasteiger partial charge in [0.1, 0.15) is 18.5 Å². The van der Waals surface area contributed by atoms with E-state index in [4.69, 9.17) is 21.3 Å². The van der Waals surface area contributed by atoms with Crippen molar-refractivity contribution in [3.63, 3.8) is 0 Å². The Morgan fingerprint density at radius 2 is 1.95 bits per heavy atom. The van der Waals surface area contributed by atoms with Gasteiger partial charge in [0.2, 0.25) is 12.5 Å². The smallest absolute Gasteiger partial charge is 0.318 e. The number of likely N-dealkylation sites (N-methyl/N-ethyl adjacent to an activating group) is 1. The number of hydrogen-bond acceptors (Lipinski definition) is 7. The van der Waals surface area contributed by atoms with Gasteiger partial charge in [0.05, 0.1) is 17.8 Å². The Morgan fingerprint density at radius 1 is 1.14 bits per heavy atom. The van der Waals surface area contributed by atoms with Gasteiger partial charge in [-0.2, -0.15) is 9.97 Å². The van der Waals surface area contributed by atoms with Crippen molar-refractivity contribution >= 4 is 28.2 Å². The third-order valence-corrected chi connectivity index (χ3v) is 9.37. The molecule has 0 radical (unpaired) electrons. The maximum atomic E-state index is 12.5. The lowest BCUT2D eigenvalue weighted by molar-refractivity contribution is -0.128. The van der Waals surface area contributed by atoms with Crippen molar-refractivity contribution in [2.24, 2.45) is 0 Å². The standard InChI is InChI=1S/C33H39N7O2/c1-5-30(41)40-19-18-39(21-25(40)20-34-2)31-27-14-17-38(29-13-8-11-24-10-6-7-12-26(24)29)22-28(27)35-32(36-31)42-23-33(37(3)4)15-9-16-33/h5-8,10-13,25H,1,9,14-23H2,3-4H3. The molecule has 0 N–H and O–H groups in total. The average molecular weight is 566 g/mol. The molecule has 1 unspecified atom stereocenters. The molecule has 3 heterocycles. The molecule has 9 nitrogen and oxygen atoms in total. The van der Waals surface area contributed by atoms with Gasteiger partial charge in [-0.3, -0.25) is 4.79 Å². The van der Waals surface area contributed by atoms with Crippen LogP contribution in [0.5, 0.6) is 6.01 Å². The molecule has 1 saturated carbocycles. The van der Waals surface area contributed by atoms with E-state index < -0.39 is 0 Å². The van der Waals surface area contributed by atoms with Crippen molar-refractivity contribution in [3.8, 4) is 6.01 Å². The van der Waals surface area contributed by atoms with Crippen LogP contribution < -0.4 is 14.5 Å². The first-order valence-corrected chi connectivity index (χ1v) is 14.9. The highest BCUT2D eigenvalue weighted by molar-refractivity contribution is 5.94. The SMILES string of the molecule is [C-]#[N+]CC1CN(c2nc(OCC3(N(C)C)CCC3)nc3c2CCN(c2cccc4ccccc24)C3)CCN1C(=O)C=C. The largest absolute Gasteiger partial charge is 0.461 e. The maximum absolute atomic E-state index is 12.5. The van der Waals surface area contributed by atoms with E-state index in [0.29, 0.717) is 38.8 Å². The maximum Gasteiger partial charge on any atom is 0.318 e. The van der Waals surface area contributed by atoms with Crippen molar-refractivity contribution in [2.45, 2.75) is 43.8 Å². The molecule has 2 aromatic carbocycles. The minimum Gasteiger partial charge on any atom is -0.461 e. The van der Waals surface area contributed by atoms with E-state index >= 15 is 0 Å². The van der Waals surface area contributed by atoms with Crippen molar-refractivity contribution in [3.05, 3.63) is 77.8 Å². The van der Waals surface area contributed by atoms with Crippen LogP contribution in [0.4, 0.5) is 11.5 Å². The number of fused-ring (bicyclic) bond motifs is 2. The molecule has 1 aliphatic carbocycles. The van der Waals surface area contributed by atoms with Gasteiger partial charge in [0.25, 0.3) is 0 Å². The Kier molecular flexibility index (Phi) is 7.74. The van der Waals surface area contributed by atoms with E-state index in [1.807, 2.05) is 0 Å². The highest BCUT2D eigenvalue weighted by Crippen LogP contribution is 2.38. The van der Waals surface area contributed by atoms with Crippen molar-refractivity contribution in [1.29, 1.82) is 0 Å². The number of carbonyl (C=O) groups is 1. The number of ether oxygens (including phenoxy) is 1.